The van der Waals surface area contributed by atoms with E-state index in [2.05, 4.69) is 10.1 Å². The summed E-state index contributed by atoms with van der Waals surface area (Å²) in [6, 6.07) is 3.77. The van der Waals surface area contributed by atoms with Crippen molar-refractivity contribution in [2.24, 2.45) is 11.7 Å². The number of rotatable bonds is 8. The number of methoxy groups -OCH3 is 1. The van der Waals surface area contributed by atoms with E-state index in [1.165, 1.54) is 25.3 Å². The molecule has 8 heteroatoms. The summed E-state index contributed by atoms with van der Waals surface area (Å²) in [7, 11) is 1.46. The van der Waals surface area contributed by atoms with Gasteiger partial charge in [-0.15, -0.1) is 12.4 Å². The summed E-state index contributed by atoms with van der Waals surface area (Å²) in [6.07, 6.45) is 0.771. The minimum Gasteiger partial charge on any atom is -0.497 e. The highest BCUT2D eigenvalue weighted by atomic mass is 35.5. The molecule has 132 valence electrons. The summed E-state index contributed by atoms with van der Waals surface area (Å²) in [4.78, 5) is 11.9. The van der Waals surface area contributed by atoms with Crippen molar-refractivity contribution in [3.05, 3.63) is 23.8 Å². The molecule has 5 nitrogen and oxygen atoms in total. The third-order valence-corrected chi connectivity index (χ3v) is 3.50. The number of amides is 1. The molecule has 2 atom stereocenters. The van der Waals surface area contributed by atoms with Crippen LogP contribution in [0.1, 0.15) is 25.8 Å². The summed E-state index contributed by atoms with van der Waals surface area (Å²) in [5, 5.41) is 2.63. The second-order valence-corrected chi connectivity index (χ2v) is 4.98. The highest BCUT2D eigenvalue weighted by molar-refractivity contribution is 5.85. The Morgan fingerprint density at radius 3 is 2.57 bits per heavy atom. The lowest BCUT2D eigenvalue weighted by molar-refractivity contribution is -0.123. The number of hydrogen-bond acceptors (Lipinski definition) is 4. The fraction of sp³-hybridized carbons (Fsp3) is 0.533. The van der Waals surface area contributed by atoms with Crippen LogP contribution in [0.25, 0.3) is 0 Å². The molecule has 1 aromatic carbocycles. The van der Waals surface area contributed by atoms with Crippen LogP contribution in [0.2, 0.25) is 0 Å². The molecule has 0 spiro atoms. The second kappa shape index (κ2) is 10.2. The van der Waals surface area contributed by atoms with Crippen molar-refractivity contribution in [3.8, 4) is 11.5 Å². The van der Waals surface area contributed by atoms with Gasteiger partial charge in [0.05, 0.1) is 13.2 Å². The van der Waals surface area contributed by atoms with Gasteiger partial charge in [0.15, 0.2) is 0 Å². The van der Waals surface area contributed by atoms with Crippen LogP contribution in [0.15, 0.2) is 18.2 Å². The number of alkyl halides is 2. The lowest BCUT2D eigenvalue weighted by Gasteiger charge is -2.18. The number of carbonyl (C=O) groups is 1. The Morgan fingerprint density at radius 2 is 2.04 bits per heavy atom. The summed E-state index contributed by atoms with van der Waals surface area (Å²) in [5.74, 6) is 0.174. The molecule has 0 aliphatic heterocycles. The van der Waals surface area contributed by atoms with Crippen molar-refractivity contribution < 1.29 is 23.0 Å². The van der Waals surface area contributed by atoms with E-state index in [9.17, 15) is 13.6 Å². The van der Waals surface area contributed by atoms with Crippen LogP contribution in [-0.2, 0) is 11.3 Å². The molecule has 0 radical (unpaired) electrons. The third kappa shape index (κ3) is 6.58. The lowest BCUT2D eigenvalue weighted by Crippen LogP contribution is -2.44. The van der Waals surface area contributed by atoms with Crippen LogP contribution in [0.4, 0.5) is 8.78 Å². The number of halogens is 3. The largest absolute Gasteiger partial charge is 0.497 e. The lowest BCUT2D eigenvalue weighted by atomic mass is 9.99. The van der Waals surface area contributed by atoms with Gasteiger partial charge in [0.1, 0.15) is 11.5 Å². The first kappa shape index (κ1) is 21.4. The predicted octanol–water partition coefficient (Wildman–Crippen LogP) is 2.71. The fourth-order valence-corrected chi connectivity index (χ4v) is 1.84. The molecule has 3 N–H and O–H groups in total. The normalized spacial score (nSPS) is 13.0. The van der Waals surface area contributed by atoms with E-state index in [0.29, 0.717) is 11.3 Å². The Morgan fingerprint density at radius 1 is 1.39 bits per heavy atom. The Hall–Kier alpha value is -1.60. The monoisotopic (exact) mass is 352 g/mol. The molecule has 0 saturated heterocycles. The molecule has 0 heterocycles. The van der Waals surface area contributed by atoms with Crippen LogP contribution in [0, 0.1) is 5.92 Å². The van der Waals surface area contributed by atoms with Crippen LogP contribution in [0.5, 0.6) is 11.5 Å². The highest BCUT2D eigenvalue weighted by Crippen LogP contribution is 2.25. The molecular weight excluding hydrogens is 330 g/mol. The Labute approximate surface area is 140 Å². The van der Waals surface area contributed by atoms with Gasteiger partial charge in [0.25, 0.3) is 0 Å². The molecule has 23 heavy (non-hydrogen) atoms. The second-order valence-electron chi connectivity index (χ2n) is 4.98. The van der Waals surface area contributed by atoms with Gasteiger partial charge in [0.2, 0.25) is 5.91 Å². The number of benzene rings is 1. The number of nitrogens with one attached hydrogen (secondary N) is 1. The van der Waals surface area contributed by atoms with Crippen LogP contribution < -0.4 is 20.5 Å². The van der Waals surface area contributed by atoms with Gasteiger partial charge in [-0.05, 0) is 24.1 Å². The molecular formula is C15H23ClF2N2O3. The van der Waals surface area contributed by atoms with Crippen molar-refractivity contribution in [2.45, 2.75) is 39.5 Å². The van der Waals surface area contributed by atoms with Crippen molar-refractivity contribution in [1.82, 2.24) is 5.32 Å². The first-order chi connectivity index (χ1) is 10.4. The molecule has 1 aromatic rings. The van der Waals surface area contributed by atoms with Crippen LogP contribution in [0.3, 0.4) is 0 Å². The Balaban J connectivity index is 0.00000484. The Kier molecular flexibility index (Phi) is 9.52. The molecule has 1 amide bonds. The minimum absolute atomic E-state index is 0. The maximum absolute atomic E-state index is 12.4. The summed E-state index contributed by atoms with van der Waals surface area (Å²) in [5.41, 5.74) is 6.22. The topological polar surface area (TPSA) is 73.6 Å². The summed E-state index contributed by atoms with van der Waals surface area (Å²) in [6.45, 7) is 0.905. The van der Waals surface area contributed by atoms with Gasteiger partial charge in [-0.1, -0.05) is 20.3 Å². The maximum atomic E-state index is 12.4. The van der Waals surface area contributed by atoms with E-state index >= 15 is 0 Å². The summed E-state index contributed by atoms with van der Waals surface area (Å²) >= 11 is 0. The molecule has 0 bridgehead atoms. The minimum atomic E-state index is -2.94. The molecule has 0 aromatic heterocycles. The van der Waals surface area contributed by atoms with E-state index in [1.54, 1.807) is 0 Å². The smallest absolute Gasteiger partial charge is 0.387 e. The van der Waals surface area contributed by atoms with Gasteiger partial charge < -0.3 is 20.5 Å². The fourth-order valence-electron chi connectivity index (χ4n) is 1.84. The summed E-state index contributed by atoms with van der Waals surface area (Å²) < 4.78 is 34.3. The first-order valence-corrected chi connectivity index (χ1v) is 7.04. The number of hydrogen-bond donors (Lipinski definition) is 2. The first-order valence-electron chi connectivity index (χ1n) is 7.04. The molecule has 0 fully saturated rings. The zero-order valence-electron chi connectivity index (χ0n) is 13.3. The highest BCUT2D eigenvalue weighted by Gasteiger charge is 2.20. The van der Waals surface area contributed by atoms with E-state index in [4.69, 9.17) is 10.5 Å². The maximum Gasteiger partial charge on any atom is 0.387 e. The number of nitrogens with two attached hydrogens (primary N) is 1. The molecule has 0 saturated carbocycles. The van der Waals surface area contributed by atoms with E-state index in [-0.39, 0.29) is 36.5 Å². The van der Waals surface area contributed by atoms with E-state index < -0.39 is 12.7 Å². The van der Waals surface area contributed by atoms with Gasteiger partial charge in [-0.25, -0.2) is 0 Å². The van der Waals surface area contributed by atoms with Crippen molar-refractivity contribution in [1.29, 1.82) is 0 Å². The average Bonchev–Trinajstić information content (AvgIpc) is 2.51. The molecule has 2 unspecified atom stereocenters. The van der Waals surface area contributed by atoms with Crippen molar-refractivity contribution in [2.75, 3.05) is 7.11 Å². The average molecular weight is 353 g/mol. The SMILES string of the molecule is CCC(C)C(N)C(=O)NCc1cc(OC)ccc1OC(F)F.Cl. The molecule has 1 rings (SSSR count). The van der Waals surface area contributed by atoms with Crippen molar-refractivity contribution >= 4 is 18.3 Å². The number of carbonyl (C=O) groups excluding carboxylic acids is 1. The Bertz CT molecular complexity index is 504. The molecule has 0 aliphatic rings. The zero-order valence-corrected chi connectivity index (χ0v) is 14.2. The third-order valence-electron chi connectivity index (χ3n) is 3.50. The standard InChI is InChI=1S/C15H22F2N2O3.ClH/c1-4-9(2)13(18)14(20)19-8-10-7-11(21-3)5-6-12(10)22-15(16)17;/h5-7,9,13,15H,4,8,18H2,1-3H3,(H,19,20);1H. The zero-order chi connectivity index (χ0) is 16.7. The predicted molar refractivity (Wildman–Crippen MR) is 86.2 cm³/mol. The van der Waals surface area contributed by atoms with Gasteiger partial charge in [0, 0.05) is 12.1 Å². The van der Waals surface area contributed by atoms with Gasteiger partial charge in [-0.3, -0.25) is 4.79 Å². The van der Waals surface area contributed by atoms with Crippen molar-refractivity contribution in [3.63, 3.8) is 0 Å². The van der Waals surface area contributed by atoms with Crippen LogP contribution >= 0.6 is 12.4 Å². The van der Waals surface area contributed by atoms with E-state index in [0.717, 1.165) is 6.42 Å². The quantitative estimate of drug-likeness (QED) is 0.754. The van der Waals surface area contributed by atoms with Crippen LogP contribution in [-0.4, -0.2) is 25.7 Å². The number of ether oxygens (including phenoxy) is 2. The van der Waals surface area contributed by atoms with Gasteiger partial charge >= 0.3 is 6.61 Å². The molecule has 0 aliphatic carbocycles. The van der Waals surface area contributed by atoms with E-state index in [1.807, 2.05) is 13.8 Å². The van der Waals surface area contributed by atoms with Gasteiger partial charge in [-0.2, -0.15) is 8.78 Å².